The fourth-order valence-corrected chi connectivity index (χ4v) is 3.28. The highest BCUT2D eigenvalue weighted by Crippen LogP contribution is 2.21. The molecular weight excluding hydrogens is 340 g/mol. The molecule has 0 bridgehead atoms. The van der Waals surface area contributed by atoms with Crippen LogP contribution in [0.2, 0.25) is 0 Å². The molecule has 0 fully saturated rings. The zero-order chi connectivity index (χ0) is 18.6. The number of hydrogen-bond donors (Lipinski definition) is 2. The highest BCUT2D eigenvalue weighted by Gasteiger charge is 2.17. The molecule has 3 aromatic rings. The molecule has 1 aliphatic rings. The molecule has 0 spiro atoms. The van der Waals surface area contributed by atoms with Crippen molar-refractivity contribution in [3.8, 4) is 5.75 Å². The van der Waals surface area contributed by atoms with Crippen LogP contribution in [-0.2, 0) is 19.5 Å². The molecule has 2 aromatic carbocycles. The highest BCUT2D eigenvalue weighted by atomic mass is 16.5. The van der Waals surface area contributed by atoms with Crippen molar-refractivity contribution in [3.63, 3.8) is 0 Å². The maximum Gasteiger partial charge on any atom is 0.232 e. The highest BCUT2D eigenvalue weighted by molar-refractivity contribution is 5.56. The summed E-state index contributed by atoms with van der Waals surface area (Å²) in [5, 5.41) is 3.17. The molecule has 0 saturated heterocycles. The van der Waals surface area contributed by atoms with Crippen LogP contribution in [0.5, 0.6) is 5.75 Å². The molecule has 0 aliphatic carbocycles. The van der Waals surface area contributed by atoms with Crippen LogP contribution in [-0.4, -0.2) is 33.5 Å². The SMILES string of the molecule is COc1cccc(Nc2nc(N)nc(CN3CCc4ccccc4C3)n2)c1. The van der Waals surface area contributed by atoms with Gasteiger partial charge in [-0.2, -0.15) is 15.0 Å². The van der Waals surface area contributed by atoms with Gasteiger partial charge in [-0.1, -0.05) is 30.3 Å². The first-order valence-electron chi connectivity index (χ1n) is 8.90. The average molecular weight is 362 g/mol. The van der Waals surface area contributed by atoms with E-state index in [4.69, 9.17) is 10.5 Å². The van der Waals surface area contributed by atoms with Crippen molar-refractivity contribution in [3.05, 3.63) is 65.5 Å². The van der Waals surface area contributed by atoms with Gasteiger partial charge in [0.2, 0.25) is 11.9 Å². The van der Waals surface area contributed by atoms with E-state index in [-0.39, 0.29) is 5.95 Å². The summed E-state index contributed by atoms with van der Waals surface area (Å²) >= 11 is 0. The van der Waals surface area contributed by atoms with E-state index in [1.165, 1.54) is 11.1 Å². The van der Waals surface area contributed by atoms with E-state index in [0.29, 0.717) is 18.3 Å². The fraction of sp³-hybridized carbons (Fsp3) is 0.250. The minimum Gasteiger partial charge on any atom is -0.497 e. The number of fused-ring (bicyclic) bond motifs is 1. The first-order valence-corrected chi connectivity index (χ1v) is 8.90. The van der Waals surface area contributed by atoms with Crippen LogP contribution < -0.4 is 15.8 Å². The second-order valence-corrected chi connectivity index (χ2v) is 6.52. The van der Waals surface area contributed by atoms with Crippen LogP contribution in [0.4, 0.5) is 17.6 Å². The standard InChI is InChI=1S/C20H22N6O/c1-27-17-8-4-7-16(11-17)22-20-24-18(23-19(21)25-20)13-26-10-9-14-5-2-3-6-15(14)12-26/h2-8,11H,9-10,12-13H2,1H3,(H3,21,22,23,24,25). The molecule has 1 aliphatic heterocycles. The number of nitrogens with two attached hydrogens (primary N) is 1. The number of ether oxygens (including phenoxy) is 1. The Balaban J connectivity index is 1.49. The van der Waals surface area contributed by atoms with Crippen molar-refractivity contribution in [2.75, 3.05) is 24.7 Å². The third-order valence-electron chi connectivity index (χ3n) is 4.60. The Kier molecular flexibility index (Phi) is 4.84. The number of nitrogen functional groups attached to an aromatic ring is 1. The molecule has 1 aromatic heterocycles. The van der Waals surface area contributed by atoms with Gasteiger partial charge in [-0.3, -0.25) is 4.90 Å². The van der Waals surface area contributed by atoms with Crippen molar-refractivity contribution in [2.24, 2.45) is 0 Å². The van der Waals surface area contributed by atoms with E-state index >= 15 is 0 Å². The van der Waals surface area contributed by atoms with Gasteiger partial charge in [0.25, 0.3) is 0 Å². The molecule has 0 amide bonds. The topological polar surface area (TPSA) is 89.2 Å². The summed E-state index contributed by atoms with van der Waals surface area (Å²) in [5.41, 5.74) is 9.52. The number of aromatic nitrogens is 3. The molecule has 2 heterocycles. The second kappa shape index (κ2) is 7.59. The van der Waals surface area contributed by atoms with E-state index < -0.39 is 0 Å². The lowest BCUT2D eigenvalue weighted by Gasteiger charge is -2.28. The van der Waals surface area contributed by atoms with E-state index in [0.717, 1.165) is 30.9 Å². The summed E-state index contributed by atoms with van der Waals surface area (Å²) in [5.74, 6) is 2.06. The quantitative estimate of drug-likeness (QED) is 0.721. The molecule has 4 rings (SSSR count). The Morgan fingerprint density at radius 2 is 1.93 bits per heavy atom. The summed E-state index contributed by atoms with van der Waals surface area (Å²) in [4.78, 5) is 15.4. The Hall–Kier alpha value is -3.19. The van der Waals surface area contributed by atoms with Crippen molar-refractivity contribution < 1.29 is 4.74 Å². The minimum absolute atomic E-state index is 0.211. The van der Waals surface area contributed by atoms with Crippen molar-refractivity contribution in [1.29, 1.82) is 0 Å². The summed E-state index contributed by atoms with van der Waals surface area (Å²) in [6, 6.07) is 16.1. The Morgan fingerprint density at radius 1 is 1.07 bits per heavy atom. The first kappa shape index (κ1) is 17.2. The van der Waals surface area contributed by atoms with E-state index in [2.05, 4.69) is 49.4 Å². The summed E-state index contributed by atoms with van der Waals surface area (Å²) in [6.45, 7) is 2.50. The third-order valence-corrected chi connectivity index (χ3v) is 4.60. The number of methoxy groups -OCH3 is 1. The smallest absolute Gasteiger partial charge is 0.232 e. The predicted octanol–water partition coefficient (Wildman–Crippen LogP) is 2.76. The Bertz CT molecular complexity index is 945. The van der Waals surface area contributed by atoms with E-state index in [1.807, 2.05) is 24.3 Å². The molecule has 0 radical (unpaired) electrons. The molecule has 0 unspecified atom stereocenters. The largest absolute Gasteiger partial charge is 0.497 e. The monoisotopic (exact) mass is 362 g/mol. The van der Waals surface area contributed by atoms with Crippen LogP contribution in [0.15, 0.2) is 48.5 Å². The number of benzene rings is 2. The number of hydrogen-bond acceptors (Lipinski definition) is 7. The van der Waals surface area contributed by atoms with Gasteiger partial charge < -0.3 is 15.8 Å². The van der Waals surface area contributed by atoms with Gasteiger partial charge in [0, 0.05) is 24.8 Å². The zero-order valence-electron chi connectivity index (χ0n) is 15.2. The third kappa shape index (κ3) is 4.15. The molecule has 7 nitrogen and oxygen atoms in total. The van der Waals surface area contributed by atoms with E-state index in [9.17, 15) is 0 Å². The van der Waals surface area contributed by atoms with Crippen LogP contribution in [0.3, 0.4) is 0 Å². The lowest BCUT2D eigenvalue weighted by Crippen LogP contribution is -2.31. The Morgan fingerprint density at radius 3 is 2.78 bits per heavy atom. The van der Waals surface area contributed by atoms with E-state index in [1.54, 1.807) is 7.11 Å². The molecule has 0 saturated carbocycles. The van der Waals surface area contributed by atoms with Crippen LogP contribution >= 0.6 is 0 Å². The van der Waals surface area contributed by atoms with Gasteiger partial charge in [-0.05, 0) is 29.7 Å². The summed E-state index contributed by atoms with van der Waals surface area (Å²) < 4.78 is 5.24. The normalized spacial score (nSPS) is 13.8. The number of rotatable bonds is 5. The first-order chi connectivity index (χ1) is 13.2. The maximum atomic E-state index is 5.91. The number of nitrogens with one attached hydrogen (secondary N) is 1. The lowest BCUT2D eigenvalue weighted by molar-refractivity contribution is 0.239. The van der Waals surface area contributed by atoms with Crippen LogP contribution in [0, 0.1) is 0 Å². The van der Waals surface area contributed by atoms with Crippen molar-refractivity contribution in [2.45, 2.75) is 19.5 Å². The minimum atomic E-state index is 0.211. The van der Waals surface area contributed by atoms with Crippen LogP contribution in [0.25, 0.3) is 0 Å². The van der Waals surface area contributed by atoms with Gasteiger partial charge in [-0.25, -0.2) is 0 Å². The molecule has 7 heteroatoms. The zero-order valence-corrected chi connectivity index (χ0v) is 15.2. The number of anilines is 3. The van der Waals surface area contributed by atoms with Crippen LogP contribution in [0.1, 0.15) is 17.0 Å². The molecule has 138 valence electrons. The predicted molar refractivity (Wildman–Crippen MR) is 105 cm³/mol. The average Bonchev–Trinajstić information content (AvgIpc) is 2.67. The molecule has 0 atom stereocenters. The van der Waals surface area contributed by atoms with Gasteiger partial charge in [-0.15, -0.1) is 0 Å². The van der Waals surface area contributed by atoms with Crippen molar-refractivity contribution in [1.82, 2.24) is 19.9 Å². The molecular formula is C20H22N6O. The summed E-state index contributed by atoms with van der Waals surface area (Å²) in [6.07, 6.45) is 1.03. The molecule has 27 heavy (non-hydrogen) atoms. The maximum absolute atomic E-state index is 5.91. The van der Waals surface area contributed by atoms with Gasteiger partial charge in [0.1, 0.15) is 11.6 Å². The van der Waals surface area contributed by atoms with Gasteiger partial charge in [0.05, 0.1) is 13.7 Å². The second-order valence-electron chi connectivity index (χ2n) is 6.52. The summed E-state index contributed by atoms with van der Waals surface area (Å²) in [7, 11) is 1.63. The number of nitrogens with zero attached hydrogens (tertiary/aromatic N) is 4. The van der Waals surface area contributed by atoms with Crippen molar-refractivity contribution >= 4 is 17.6 Å². The van der Waals surface area contributed by atoms with Gasteiger partial charge >= 0.3 is 0 Å². The lowest BCUT2D eigenvalue weighted by atomic mass is 10.00. The Labute approximate surface area is 158 Å². The van der Waals surface area contributed by atoms with Gasteiger partial charge in [0.15, 0.2) is 0 Å². The molecule has 3 N–H and O–H groups in total. The fourth-order valence-electron chi connectivity index (χ4n) is 3.28.